The van der Waals surface area contributed by atoms with Gasteiger partial charge in [-0.05, 0) is 116 Å². The number of hydrogen-bond acceptors (Lipinski definition) is 8. The van der Waals surface area contributed by atoms with Gasteiger partial charge in [0.15, 0.2) is 6.10 Å². The normalized spacial score (nSPS) is 13.9. The van der Waals surface area contributed by atoms with Crippen molar-refractivity contribution in [2.45, 2.75) is 277 Å². The second kappa shape index (κ2) is 67.0. The van der Waals surface area contributed by atoms with Crippen molar-refractivity contribution < 1.29 is 37.6 Å². The van der Waals surface area contributed by atoms with E-state index in [0.717, 1.165) is 135 Å². The van der Waals surface area contributed by atoms with E-state index in [0.29, 0.717) is 12.8 Å². The van der Waals surface area contributed by atoms with Gasteiger partial charge < -0.3 is 20.1 Å². The predicted molar refractivity (Wildman–Crippen MR) is 357 cm³/mol. The van der Waals surface area contributed by atoms with Crippen molar-refractivity contribution in [3.8, 4) is 0 Å². The molecule has 0 bridgehead atoms. The molecule has 0 saturated carbocycles. The minimum Gasteiger partial charge on any atom is -0.462 e. The van der Waals surface area contributed by atoms with E-state index >= 15 is 0 Å². The summed E-state index contributed by atoms with van der Waals surface area (Å²) in [6.07, 6.45) is 96.4. The lowest BCUT2D eigenvalue weighted by Crippen LogP contribution is -2.29. The summed E-state index contributed by atoms with van der Waals surface area (Å²) in [4.78, 5) is 35.3. The standard InChI is InChI=1S/C73H122NO8P/c1-3-5-7-9-11-13-15-17-19-21-23-25-27-29-30-31-32-33-34-35-36-37-38-39-40-42-44-46-48-50-52-54-56-58-60-62-64-66-73(76)82-71(70-81-83(77,78)80-68-67-74)69-79-72(75)65-63-61-59-57-55-53-51-49-47-45-43-41-28-26-24-22-20-18-16-14-12-10-8-6-4-2/h5-8,11-14,17-20,23-26,29-30,32-33,41,43,47,49,71H,3-4,9-10,15-16,21-22,27-28,31,34-40,42,44-46,48,50-70,74H2,1-2H3,(H,77,78)/b7-5-,8-6-,13-11-,14-12-,19-17-,20-18-,25-23-,26-24-,30-29-,33-32-,43-41-,49-47-. The van der Waals surface area contributed by atoms with Crippen LogP contribution in [0.3, 0.4) is 0 Å². The van der Waals surface area contributed by atoms with Gasteiger partial charge in [0.25, 0.3) is 0 Å². The van der Waals surface area contributed by atoms with E-state index in [2.05, 4.69) is 160 Å². The molecule has 0 rings (SSSR count). The van der Waals surface area contributed by atoms with Gasteiger partial charge in [-0.2, -0.15) is 0 Å². The van der Waals surface area contributed by atoms with Gasteiger partial charge >= 0.3 is 19.8 Å². The minimum atomic E-state index is -4.40. The zero-order valence-corrected chi connectivity index (χ0v) is 53.8. The molecule has 0 aliphatic rings. The number of phosphoric acid groups is 1. The van der Waals surface area contributed by atoms with Gasteiger partial charge in [0.1, 0.15) is 6.61 Å². The highest BCUT2D eigenvalue weighted by atomic mass is 31.2. The highest BCUT2D eigenvalue weighted by molar-refractivity contribution is 7.47. The predicted octanol–water partition coefficient (Wildman–Crippen LogP) is 21.9. The number of hydrogen-bond donors (Lipinski definition) is 2. The Labute approximate surface area is 509 Å². The van der Waals surface area contributed by atoms with Crippen molar-refractivity contribution in [3.63, 3.8) is 0 Å². The van der Waals surface area contributed by atoms with E-state index in [9.17, 15) is 19.0 Å². The molecule has 3 N–H and O–H groups in total. The second-order valence-corrected chi connectivity index (χ2v) is 23.0. The molecule has 0 radical (unpaired) electrons. The Hall–Kier alpha value is -4.11. The molecule has 10 heteroatoms. The molecule has 0 aliphatic heterocycles. The first-order chi connectivity index (χ1) is 40.8. The summed E-state index contributed by atoms with van der Waals surface area (Å²) in [6.45, 7) is 3.50. The number of rotatable bonds is 61. The van der Waals surface area contributed by atoms with Crippen LogP contribution in [0, 0.1) is 0 Å². The molecule has 0 saturated heterocycles. The van der Waals surface area contributed by atoms with Crippen LogP contribution in [-0.4, -0.2) is 49.3 Å². The largest absolute Gasteiger partial charge is 0.472 e. The van der Waals surface area contributed by atoms with Crippen LogP contribution in [0.5, 0.6) is 0 Å². The summed E-state index contributed by atoms with van der Waals surface area (Å²) in [5.41, 5.74) is 5.40. The van der Waals surface area contributed by atoms with Crippen molar-refractivity contribution >= 4 is 19.8 Å². The maximum atomic E-state index is 12.8. The Bertz CT molecular complexity index is 1870. The summed E-state index contributed by atoms with van der Waals surface area (Å²) in [7, 11) is -4.40. The number of unbranched alkanes of at least 4 members (excludes halogenated alkanes) is 24. The summed E-state index contributed by atoms with van der Waals surface area (Å²) < 4.78 is 33.1. The summed E-state index contributed by atoms with van der Waals surface area (Å²) >= 11 is 0. The van der Waals surface area contributed by atoms with E-state index in [-0.39, 0.29) is 32.6 Å². The highest BCUT2D eigenvalue weighted by Gasteiger charge is 2.26. The second-order valence-electron chi connectivity index (χ2n) is 21.6. The van der Waals surface area contributed by atoms with Gasteiger partial charge in [-0.3, -0.25) is 18.6 Å². The van der Waals surface area contributed by atoms with Gasteiger partial charge in [0, 0.05) is 19.4 Å². The van der Waals surface area contributed by atoms with E-state index in [4.69, 9.17) is 24.3 Å². The number of esters is 2. The Kier molecular flexibility index (Phi) is 63.7. The third-order valence-corrected chi connectivity index (χ3v) is 14.7. The van der Waals surface area contributed by atoms with Gasteiger partial charge in [-0.25, -0.2) is 4.57 Å². The number of allylic oxidation sites excluding steroid dienone is 24. The first-order valence-electron chi connectivity index (χ1n) is 33.3. The Balaban J connectivity index is 3.93. The van der Waals surface area contributed by atoms with Crippen LogP contribution in [-0.2, 0) is 32.7 Å². The molecular formula is C73H122NO8P. The van der Waals surface area contributed by atoms with Crippen molar-refractivity contribution in [2.24, 2.45) is 5.73 Å². The minimum absolute atomic E-state index is 0.0452. The third-order valence-electron chi connectivity index (χ3n) is 13.7. The van der Waals surface area contributed by atoms with E-state index in [1.807, 2.05) is 0 Å². The average Bonchev–Trinajstić information content (AvgIpc) is 3.49. The van der Waals surface area contributed by atoms with Gasteiger partial charge in [0.05, 0.1) is 13.2 Å². The first-order valence-corrected chi connectivity index (χ1v) is 34.8. The first kappa shape index (κ1) is 78.9. The third kappa shape index (κ3) is 66.9. The van der Waals surface area contributed by atoms with Crippen LogP contribution in [0.1, 0.15) is 271 Å². The van der Waals surface area contributed by atoms with Crippen LogP contribution in [0.2, 0.25) is 0 Å². The van der Waals surface area contributed by atoms with Crippen molar-refractivity contribution in [3.05, 3.63) is 146 Å². The lowest BCUT2D eigenvalue weighted by atomic mass is 10.0. The van der Waals surface area contributed by atoms with Gasteiger partial charge in [-0.15, -0.1) is 0 Å². The van der Waals surface area contributed by atoms with Gasteiger partial charge in [0.2, 0.25) is 0 Å². The number of phosphoric ester groups is 1. The fourth-order valence-electron chi connectivity index (χ4n) is 8.88. The fourth-order valence-corrected chi connectivity index (χ4v) is 9.64. The van der Waals surface area contributed by atoms with Crippen LogP contribution in [0.15, 0.2) is 146 Å². The molecule has 9 nitrogen and oxygen atoms in total. The van der Waals surface area contributed by atoms with Crippen LogP contribution >= 0.6 is 7.82 Å². The monoisotopic (exact) mass is 1170 g/mol. The molecule has 83 heavy (non-hydrogen) atoms. The molecule has 2 atom stereocenters. The quantitative estimate of drug-likeness (QED) is 0.0264. The molecule has 0 spiro atoms. The molecule has 0 aromatic carbocycles. The van der Waals surface area contributed by atoms with Crippen molar-refractivity contribution in [2.75, 3.05) is 26.4 Å². The lowest BCUT2D eigenvalue weighted by molar-refractivity contribution is -0.161. The summed E-state index contributed by atoms with van der Waals surface area (Å²) in [6, 6.07) is 0. The number of carbonyl (C=O) groups is 2. The lowest BCUT2D eigenvalue weighted by Gasteiger charge is -2.19. The zero-order chi connectivity index (χ0) is 60.1. The van der Waals surface area contributed by atoms with Gasteiger partial charge in [-0.1, -0.05) is 288 Å². The van der Waals surface area contributed by atoms with Crippen molar-refractivity contribution in [1.29, 1.82) is 0 Å². The maximum Gasteiger partial charge on any atom is 0.472 e. The van der Waals surface area contributed by atoms with E-state index in [1.54, 1.807) is 0 Å². The maximum absolute atomic E-state index is 12.8. The topological polar surface area (TPSA) is 134 Å². The Morgan fingerprint density at radius 3 is 0.928 bits per heavy atom. The van der Waals surface area contributed by atoms with Crippen molar-refractivity contribution in [1.82, 2.24) is 0 Å². The van der Waals surface area contributed by atoms with E-state index < -0.39 is 32.5 Å². The molecule has 0 aromatic heterocycles. The Morgan fingerprint density at radius 2 is 0.627 bits per heavy atom. The number of carbonyl (C=O) groups excluding carboxylic acids is 2. The molecule has 0 heterocycles. The summed E-state index contributed by atoms with van der Waals surface area (Å²) in [5, 5.41) is 0. The fraction of sp³-hybridized carbons (Fsp3) is 0.644. The molecule has 0 fully saturated rings. The smallest absolute Gasteiger partial charge is 0.462 e. The molecule has 0 aromatic rings. The highest BCUT2D eigenvalue weighted by Crippen LogP contribution is 2.43. The van der Waals surface area contributed by atoms with Crippen LogP contribution < -0.4 is 5.73 Å². The SMILES string of the molecule is CC/C=C\C/C=C\C/C=C\C/C=C\C/C=C\C/C=C\CCCCCCCCCCCCCCCCCCCCC(=O)OC(COC(=O)CCCCCCCC/C=C\C/C=C\C/C=C\C/C=C\C/C=C\C/C=C\CC)COP(=O)(O)OCCN. The van der Waals surface area contributed by atoms with E-state index in [1.165, 1.54) is 96.3 Å². The summed E-state index contributed by atoms with van der Waals surface area (Å²) in [5.74, 6) is -0.846. The molecule has 2 unspecified atom stereocenters. The average molecular weight is 1170 g/mol. The van der Waals surface area contributed by atoms with Crippen LogP contribution in [0.25, 0.3) is 0 Å². The molecule has 472 valence electrons. The number of nitrogens with two attached hydrogens (primary N) is 1. The molecule has 0 aliphatic carbocycles. The molecular weight excluding hydrogens is 1050 g/mol. The Morgan fingerprint density at radius 1 is 0.361 bits per heavy atom. The number of ether oxygens (including phenoxy) is 2. The molecule has 0 amide bonds. The zero-order valence-electron chi connectivity index (χ0n) is 52.9. The van der Waals surface area contributed by atoms with Crippen LogP contribution in [0.4, 0.5) is 0 Å².